The van der Waals surface area contributed by atoms with Crippen LogP contribution in [0.5, 0.6) is 0 Å². The summed E-state index contributed by atoms with van der Waals surface area (Å²) < 4.78 is 34.3. The van der Waals surface area contributed by atoms with E-state index in [2.05, 4.69) is 65.8 Å². The van der Waals surface area contributed by atoms with Crippen molar-refractivity contribution < 1.29 is 53.1 Å². The van der Waals surface area contributed by atoms with E-state index >= 15 is 9.59 Å². The third-order valence-electron chi connectivity index (χ3n) is 21.0. The average molecular weight is 945 g/mol. The van der Waals surface area contributed by atoms with Gasteiger partial charge in [-0.15, -0.1) is 0 Å². The van der Waals surface area contributed by atoms with Crippen LogP contribution in [0.2, 0.25) is 0 Å². The lowest BCUT2D eigenvalue weighted by Crippen LogP contribution is -2.81. The summed E-state index contributed by atoms with van der Waals surface area (Å²) in [5.41, 5.74) is -4.29. The number of aliphatic hydroxyl groups excluding tert-OH is 3. The van der Waals surface area contributed by atoms with E-state index in [4.69, 9.17) is 23.4 Å². The van der Waals surface area contributed by atoms with Crippen LogP contribution in [0, 0.1) is 81.3 Å². The van der Waals surface area contributed by atoms with Gasteiger partial charge in [-0.3, -0.25) is 14.9 Å². The number of rotatable bonds is 8. The maximum Gasteiger partial charge on any atom is 0.339 e. The lowest BCUT2D eigenvalue weighted by atomic mass is 9.30. The third kappa shape index (κ3) is 5.77. The molecule has 69 heavy (non-hydrogen) atoms. The SMILES string of the molecule is CC1(C)OC2CC(=O)OCC23C1C(=O)C(O)C12C4CC(Cc5ccccc5)CCC4C#CC4CCc5coc(CC(C(O)CO)C6C=CC(C7CNCN7)CC6)c5C45OC(=O)C4OC41C5(C)CCC32. The Labute approximate surface area is 404 Å². The number of nitrogens with one attached hydrogen (secondary N) is 2. The Kier molecular flexibility index (Phi) is 10.2. The molecule has 8 fully saturated rings. The minimum atomic E-state index is -1.54. The standard InChI is InChI=1S/C56H68N2O11/c1-51(2)47-46(62)48(63)54-38-22-31(21-30-7-5-4-6-8-30)9-10-33(38)15-17-36-18-16-35-27-65-41(23-37(40(60)26-59)32-11-13-34(14-12-32)39-25-57-29-58-39)45(35)55(36)52(3,56(54)49(68-56)50(64)69-55)20-19-42(54)53(47)28-66-44(61)24-43(53)67-51/h4-8,11,13,27,31-34,36-40,42-43,47-49,57-60,63H,9-10,12,14,16,18-26,28-29H2,1-3H3. The molecule has 13 heteroatoms. The number of Topliss-reactive ketones (excluding diaryl/α,β-unsaturated/α-hetero) is 1. The summed E-state index contributed by atoms with van der Waals surface area (Å²) in [7, 11) is 0. The van der Waals surface area contributed by atoms with E-state index in [9.17, 15) is 20.1 Å². The number of aliphatic hydroxyl groups is 3. The Morgan fingerprint density at radius 3 is 2.58 bits per heavy atom. The quantitative estimate of drug-likeness (QED) is 0.106. The highest BCUT2D eigenvalue weighted by Gasteiger charge is 2.95. The van der Waals surface area contributed by atoms with Gasteiger partial charge in [0.1, 0.15) is 24.1 Å². The Bertz CT molecular complexity index is 2540. The molecule has 19 unspecified atom stereocenters. The molecule has 6 heterocycles. The van der Waals surface area contributed by atoms with Crippen molar-refractivity contribution in [1.29, 1.82) is 0 Å². The molecule has 3 saturated carbocycles. The van der Waals surface area contributed by atoms with E-state index in [1.165, 1.54) is 5.56 Å². The van der Waals surface area contributed by atoms with Gasteiger partial charge in [0.15, 0.2) is 17.5 Å². The molecule has 5 N–H and O–H groups in total. The number of furan rings is 1. The second-order valence-corrected chi connectivity index (χ2v) is 24.0. The van der Waals surface area contributed by atoms with Crippen molar-refractivity contribution >= 4 is 17.7 Å². The maximum atomic E-state index is 15.9. The molecule has 4 spiro atoms. The van der Waals surface area contributed by atoms with Crippen LogP contribution in [0.15, 0.2) is 53.2 Å². The molecule has 19 atom stereocenters. The molecule has 4 bridgehead atoms. The Balaban J connectivity index is 0.997. The van der Waals surface area contributed by atoms with Gasteiger partial charge in [0.2, 0.25) is 0 Å². The molecule has 368 valence electrons. The number of esters is 2. The van der Waals surface area contributed by atoms with E-state index in [0.29, 0.717) is 56.2 Å². The zero-order valence-corrected chi connectivity index (χ0v) is 40.1. The van der Waals surface area contributed by atoms with Gasteiger partial charge in [0, 0.05) is 59.3 Å². The summed E-state index contributed by atoms with van der Waals surface area (Å²) in [4.78, 5) is 44.7. The first-order valence-electron chi connectivity index (χ1n) is 26.3. The van der Waals surface area contributed by atoms with Gasteiger partial charge in [-0.05, 0) is 119 Å². The zero-order chi connectivity index (χ0) is 47.5. The van der Waals surface area contributed by atoms with Crippen molar-refractivity contribution in [2.45, 2.75) is 145 Å². The fraction of sp³-hybridized carbons (Fsp3) is 0.696. The van der Waals surface area contributed by atoms with Crippen molar-refractivity contribution in [1.82, 2.24) is 10.6 Å². The van der Waals surface area contributed by atoms with Crippen molar-refractivity contribution in [2.75, 3.05) is 26.4 Å². The Morgan fingerprint density at radius 2 is 1.81 bits per heavy atom. The molecule has 13 rings (SSSR count). The zero-order valence-electron chi connectivity index (χ0n) is 40.1. The molecular weight excluding hydrogens is 877 g/mol. The highest BCUT2D eigenvalue weighted by atomic mass is 16.7. The van der Waals surface area contributed by atoms with Crippen LogP contribution >= 0.6 is 0 Å². The number of ether oxygens (including phenoxy) is 4. The highest BCUT2D eigenvalue weighted by molar-refractivity contribution is 5.92. The summed E-state index contributed by atoms with van der Waals surface area (Å²) in [5.74, 6) is 4.93. The van der Waals surface area contributed by atoms with Crippen LogP contribution < -0.4 is 10.6 Å². The van der Waals surface area contributed by atoms with E-state index in [-0.39, 0.29) is 48.5 Å². The van der Waals surface area contributed by atoms with Crippen LogP contribution in [0.3, 0.4) is 0 Å². The summed E-state index contributed by atoms with van der Waals surface area (Å²) in [6.07, 6.45) is 9.48. The van der Waals surface area contributed by atoms with Crippen molar-refractivity contribution in [3.63, 3.8) is 0 Å². The lowest BCUT2D eigenvalue weighted by molar-refractivity contribution is -0.301. The molecule has 6 aliphatic carbocycles. The number of aryl methyl sites for hydroxylation is 1. The molecule has 0 amide bonds. The van der Waals surface area contributed by atoms with Gasteiger partial charge in [-0.1, -0.05) is 61.2 Å². The minimum Gasteiger partial charge on any atom is -0.469 e. The number of ketones is 1. The van der Waals surface area contributed by atoms with Crippen molar-refractivity contribution in [3.05, 3.63) is 71.2 Å². The number of fused-ring (bicyclic) bond motifs is 2. The number of benzene rings is 1. The fourth-order valence-electron chi connectivity index (χ4n) is 18.5. The number of epoxide rings is 1. The van der Waals surface area contributed by atoms with E-state index in [1.807, 2.05) is 19.9 Å². The molecule has 11 aliphatic rings. The normalized spacial score (nSPS) is 47.0. The average Bonchev–Trinajstić information content (AvgIpc) is 3.57. The third-order valence-corrected chi connectivity index (χ3v) is 21.0. The predicted octanol–water partition coefficient (Wildman–Crippen LogP) is 4.71. The van der Waals surface area contributed by atoms with Crippen molar-refractivity contribution in [3.8, 4) is 11.8 Å². The largest absolute Gasteiger partial charge is 0.469 e. The topological polar surface area (TPSA) is 189 Å². The molecular formula is C56H68N2O11. The molecule has 2 aromatic rings. The predicted molar refractivity (Wildman–Crippen MR) is 248 cm³/mol. The number of cyclic esters (lactones) is 1. The number of carbonyl (C=O) groups is 3. The van der Waals surface area contributed by atoms with Crippen LogP contribution in [0.1, 0.15) is 101 Å². The highest BCUT2D eigenvalue weighted by Crippen LogP contribution is 2.85. The Hall–Kier alpha value is -3.87. The molecule has 5 aliphatic heterocycles. The van der Waals surface area contributed by atoms with Gasteiger partial charge < -0.3 is 44.0 Å². The van der Waals surface area contributed by atoms with E-state index in [1.54, 1.807) is 6.26 Å². The van der Waals surface area contributed by atoms with Gasteiger partial charge in [-0.25, -0.2) is 4.79 Å². The molecule has 13 nitrogen and oxygen atoms in total. The van der Waals surface area contributed by atoms with Gasteiger partial charge in [0.05, 0.1) is 48.9 Å². The number of hydrogen-bond acceptors (Lipinski definition) is 13. The summed E-state index contributed by atoms with van der Waals surface area (Å²) in [6.45, 7) is 7.27. The lowest BCUT2D eigenvalue weighted by Gasteiger charge is -2.72. The fourth-order valence-corrected chi connectivity index (χ4v) is 18.5. The maximum absolute atomic E-state index is 15.9. The van der Waals surface area contributed by atoms with Crippen molar-refractivity contribution in [2.24, 2.45) is 69.5 Å². The van der Waals surface area contributed by atoms with Gasteiger partial charge in [-0.2, -0.15) is 0 Å². The smallest absolute Gasteiger partial charge is 0.339 e. The summed E-state index contributed by atoms with van der Waals surface area (Å²) >= 11 is 0. The molecule has 5 saturated heterocycles. The first-order chi connectivity index (χ1) is 33.2. The Morgan fingerprint density at radius 1 is 0.971 bits per heavy atom. The summed E-state index contributed by atoms with van der Waals surface area (Å²) in [6, 6.07) is 10.8. The first-order valence-corrected chi connectivity index (χ1v) is 26.3. The van der Waals surface area contributed by atoms with Crippen LogP contribution in [-0.4, -0.2) is 101 Å². The monoisotopic (exact) mass is 944 g/mol. The second kappa shape index (κ2) is 15.6. The molecule has 1 aromatic heterocycles. The molecule has 1 aromatic carbocycles. The van der Waals surface area contributed by atoms with Crippen LogP contribution in [0.25, 0.3) is 0 Å². The number of carbonyl (C=O) groups excluding carboxylic acids is 3. The minimum absolute atomic E-state index is 0.00284. The second-order valence-electron chi connectivity index (χ2n) is 24.0. The van der Waals surface area contributed by atoms with Crippen LogP contribution in [0.4, 0.5) is 0 Å². The first kappa shape index (κ1) is 45.0. The number of allylic oxidation sites excluding steroid dienone is 1. The van der Waals surface area contributed by atoms with E-state index < -0.39 is 93.7 Å². The summed E-state index contributed by atoms with van der Waals surface area (Å²) in [5, 5.41) is 43.1. The number of hydrogen-bond donors (Lipinski definition) is 5. The van der Waals surface area contributed by atoms with Gasteiger partial charge in [0.25, 0.3) is 0 Å². The molecule has 0 radical (unpaired) electrons. The van der Waals surface area contributed by atoms with Gasteiger partial charge >= 0.3 is 11.9 Å². The van der Waals surface area contributed by atoms with Crippen LogP contribution in [-0.2, 0) is 58.2 Å². The van der Waals surface area contributed by atoms with E-state index in [0.717, 1.165) is 56.4 Å².